The summed E-state index contributed by atoms with van der Waals surface area (Å²) in [5, 5.41) is 0.562. The Hall–Kier alpha value is 0.0200. The molecule has 0 aromatic carbocycles. The van der Waals surface area contributed by atoms with Crippen LogP contribution in [-0.2, 0) is 4.79 Å². The second-order valence-electron chi connectivity index (χ2n) is 2.05. The van der Waals surface area contributed by atoms with Gasteiger partial charge in [-0.05, 0) is 12.7 Å². The van der Waals surface area contributed by atoms with Crippen LogP contribution in [0.1, 0.15) is 26.2 Å². The van der Waals surface area contributed by atoms with Gasteiger partial charge in [0.2, 0.25) is 0 Å². The Kier molecular flexibility index (Phi) is 6.16. The minimum absolute atomic E-state index is 0.562. The van der Waals surface area contributed by atoms with Crippen LogP contribution in [0.3, 0.4) is 0 Å². The Morgan fingerprint density at radius 3 is 2.67 bits per heavy atom. The SMILES string of the molecule is CCC[C@@H](CC=O)SC. The Balaban J connectivity index is 3.28. The van der Waals surface area contributed by atoms with Gasteiger partial charge in [0.1, 0.15) is 6.29 Å². The van der Waals surface area contributed by atoms with Gasteiger partial charge >= 0.3 is 0 Å². The van der Waals surface area contributed by atoms with Gasteiger partial charge in [-0.1, -0.05) is 13.3 Å². The quantitative estimate of drug-likeness (QED) is 0.552. The maximum Gasteiger partial charge on any atom is 0.121 e. The van der Waals surface area contributed by atoms with Crippen molar-refractivity contribution in [2.45, 2.75) is 31.4 Å². The topological polar surface area (TPSA) is 17.1 Å². The smallest absolute Gasteiger partial charge is 0.121 e. The highest BCUT2D eigenvalue weighted by atomic mass is 32.2. The van der Waals surface area contributed by atoms with Crippen molar-refractivity contribution in [3.05, 3.63) is 0 Å². The molecule has 0 saturated carbocycles. The molecule has 9 heavy (non-hydrogen) atoms. The first-order valence-corrected chi connectivity index (χ1v) is 4.60. The van der Waals surface area contributed by atoms with Gasteiger partial charge in [-0.15, -0.1) is 0 Å². The highest BCUT2D eigenvalue weighted by Gasteiger charge is 2.02. The van der Waals surface area contributed by atoms with Crippen molar-refractivity contribution in [2.24, 2.45) is 0 Å². The monoisotopic (exact) mass is 146 g/mol. The largest absolute Gasteiger partial charge is 0.303 e. The number of thioether (sulfide) groups is 1. The molecule has 0 unspecified atom stereocenters. The molecular weight excluding hydrogens is 132 g/mol. The van der Waals surface area contributed by atoms with E-state index in [1.165, 1.54) is 12.8 Å². The molecule has 0 aliphatic carbocycles. The summed E-state index contributed by atoms with van der Waals surface area (Å²) < 4.78 is 0. The van der Waals surface area contributed by atoms with E-state index in [0.717, 1.165) is 12.7 Å². The average Bonchev–Trinajstić information content (AvgIpc) is 1.88. The van der Waals surface area contributed by atoms with E-state index in [-0.39, 0.29) is 0 Å². The van der Waals surface area contributed by atoms with Crippen LogP contribution in [0.4, 0.5) is 0 Å². The van der Waals surface area contributed by atoms with Crippen molar-refractivity contribution >= 4 is 18.0 Å². The zero-order valence-corrected chi connectivity index (χ0v) is 6.91. The molecule has 0 N–H and O–H groups in total. The van der Waals surface area contributed by atoms with Gasteiger partial charge in [-0.2, -0.15) is 11.8 Å². The van der Waals surface area contributed by atoms with Crippen molar-refractivity contribution in [2.75, 3.05) is 6.26 Å². The minimum atomic E-state index is 0.562. The van der Waals surface area contributed by atoms with Crippen LogP contribution < -0.4 is 0 Å². The molecule has 54 valence electrons. The first-order chi connectivity index (χ1) is 4.35. The third kappa shape index (κ3) is 4.52. The van der Waals surface area contributed by atoms with Gasteiger partial charge in [-0.3, -0.25) is 0 Å². The Morgan fingerprint density at radius 1 is 1.67 bits per heavy atom. The first kappa shape index (κ1) is 9.02. The van der Waals surface area contributed by atoms with Crippen LogP contribution >= 0.6 is 11.8 Å². The zero-order chi connectivity index (χ0) is 7.11. The lowest BCUT2D eigenvalue weighted by molar-refractivity contribution is -0.107. The summed E-state index contributed by atoms with van der Waals surface area (Å²) in [6.07, 6.45) is 6.13. The molecule has 1 nitrogen and oxygen atoms in total. The summed E-state index contributed by atoms with van der Waals surface area (Å²) in [5.74, 6) is 0. The number of aldehydes is 1. The zero-order valence-electron chi connectivity index (χ0n) is 6.09. The lowest BCUT2D eigenvalue weighted by Crippen LogP contribution is -2.01. The highest BCUT2D eigenvalue weighted by Crippen LogP contribution is 2.14. The summed E-state index contributed by atoms with van der Waals surface area (Å²) in [4.78, 5) is 10.0. The summed E-state index contributed by atoms with van der Waals surface area (Å²) in [6, 6.07) is 0. The van der Waals surface area contributed by atoms with Crippen LogP contribution in [0.25, 0.3) is 0 Å². The van der Waals surface area contributed by atoms with E-state index in [4.69, 9.17) is 0 Å². The number of hydrogen-bond donors (Lipinski definition) is 0. The molecule has 0 aliphatic heterocycles. The van der Waals surface area contributed by atoms with Crippen molar-refractivity contribution in [1.29, 1.82) is 0 Å². The molecule has 0 spiro atoms. The molecule has 0 fully saturated rings. The molecule has 0 saturated heterocycles. The lowest BCUT2D eigenvalue weighted by atomic mass is 10.2. The van der Waals surface area contributed by atoms with Gasteiger partial charge in [0.25, 0.3) is 0 Å². The van der Waals surface area contributed by atoms with Crippen LogP contribution in [-0.4, -0.2) is 17.8 Å². The van der Waals surface area contributed by atoms with Gasteiger partial charge in [0.15, 0.2) is 0 Å². The molecule has 0 aromatic rings. The fraction of sp³-hybridized carbons (Fsp3) is 0.857. The molecule has 0 aromatic heterocycles. The van der Waals surface area contributed by atoms with Gasteiger partial charge in [0, 0.05) is 11.7 Å². The van der Waals surface area contributed by atoms with E-state index >= 15 is 0 Å². The molecule has 0 amide bonds. The van der Waals surface area contributed by atoms with Crippen molar-refractivity contribution in [1.82, 2.24) is 0 Å². The van der Waals surface area contributed by atoms with Crippen molar-refractivity contribution in [3.8, 4) is 0 Å². The molecule has 1 atom stereocenters. The van der Waals surface area contributed by atoms with Crippen LogP contribution in [0.2, 0.25) is 0 Å². The van der Waals surface area contributed by atoms with E-state index in [2.05, 4.69) is 13.2 Å². The van der Waals surface area contributed by atoms with Crippen LogP contribution in [0.15, 0.2) is 0 Å². The standard InChI is InChI=1S/C7H14OS/c1-3-4-7(9-2)5-6-8/h6-7H,3-5H2,1-2H3/t7-/m0/s1. The fourth-order valence-electron chi connectivity index (χ4n) is 0.761. The number of rotatable bonds is 5. The molecule has 2 heteroatoms. The number of carbonyl (C=O) groups is 1. The number of carbonyl (C=O) groups excluding carboxylic acids is 1. The van der Waals surface area contributed by atoms with Crippen LogP contribution in [0.5, 0.6) is 0 Å². The van der Waals surface area contributed by atoms with E-state index in [9.17, 15) is 4.79 Å². The van der Waals surface area contributed by atoms with Crippen LogP contribution in [0, 0.1) is 0 Å². The molecule has 0 heterocycles. The van der Waals surface area contributed by atoms with Gasteiger partial charge < -0.3 is 4.79 Å². The van der Waals surface area contributed by atoms with E-state index in [1.54, 1.807) is 11.8 Å². The Bertz CT molecular complexity index is 73.3. The summed E-state index contributed by atoms with van der Waals surface area (Å²) >= 11 is 1.79. The second-order valence-corrected chi connectivity index (χ2v) is 3.19. The van der Waals surface area contributed by atoms with E-state index < -0.39 is 0 Å². The Morgan fingerprint density at radius 2 is 2.33 bits per heavy atom. The molecule has 0 rings (SSSR count). The van der Waals surface area contributed by atoms with Crippen molar-refractivity contribution < 1.29 is 4.79 Å². The normalized spacial score (nSPS) is 13.1. The average molecular weight is 146 g/mol. The third-order valence-corrected chi connectivity index (χ3v) is 2.40. The van der Waals surface area contributed by atoms with E-state index in [1.807, 2.05) is 0 Å². The van der Waals surface area contributed by atoms with Gasteiger partial charge in [-0.25, -0.2) is 0 Å². The van der Waals surface area contributed by atoms with Crippen molar-refractivity contribution in [3.63, 3.8) is 0 Å². The summed E-state index contributed by atoms with van der Waals surface area (Å²) in [7, 11) is 0. The maximum absolute atomic E-state index is 10.0. The highest BCUT2D eigenvalue weighted by molar-refractivity contribution is 7.99. The number of hydrogen-bond acceptors (Lipinski definition) is 2. The predicted octanol–water partition coefficient (Wildman–Crippen LogP) is 2.11. The van der Waals surface area contributed by atoms with E-state index in [0.29, 0.717) is 5.25 Å². The molecule has 0 radical (unpaired) electrons. The maximum atomic E-state index is 10.0. The lowest BCUT2D eigenvalue weighted by Gasteiger charge is -2.07. The van der Waals surface area contributed by atoms with Gasteiger partial charge in [0.05, 0.1) is 0 Å². The molecule has 0 aliphatic rings. The third-order valence-electron chi connectivity index (χ3n) is 1.30. The predicted molar refractivity (Wildman–Crippen MR) is 42.9 cm³/mol. The molecule has 0 bridgehead atoms. The molecular formula is C7H14OS. The summed E-state index contributed by atoms with van der Waals surface area (Å²) in [5.41, 5.74) is 0. The first-order valence-electron chi connectivity index (χ1n) is 3.31. The Labute approximate surface area is 61.2 Å². The second kappa shape index (κ2) is 6.14. The minimum Gasteiger partial charge on any atom is -0.303 e. The summed E-state index contributed by atoms with van der Waals surface area (Å²) in [6.45, 7) is 2.15. The fourth-order valence-corrected chi connectivity index (χ4v) is 1.50.